The minimum Gasteiger partial charge on any atom is -0.459 e. The van der Waals surface area contributed by atoms with Gasteiger partial charge in [-0.05, 0) is 7.05 Å². The van der Waals surface area contributed by atoms with Gasteiger partial charge in [0.15, 0.2) is 0 Å². The molecule has 4 nitrogen and oxygen atoms in total. The van der Waals surface area contributed by atoms with Gasteiger partial charge in [-0.25, -0.2) is 0 Å². The van der Waals surface area contributed by atoms with E-state index in [9.17, 15) is 4.79 Å². The maximum Gasteiger partial charge on any atom is 0.303 e. The van der Waals surface area contributed by atoms with Crippen molar-refractivity contribution >= 4 is 5.97 Å². The van der Waals surface area contributed by atoms with Crippen LogP contribution in [0.2, 0.25) is 0 Å². The first-order valence-corrected chi connectivity index (χ1v) is 3.13. The number of likely N-dealkylation sites (N-methyl/N-ethyl adjacent to an activating group) is 1. The predicted molar refractivity (Wildman–Crippen MR) is 36.6 cm³/mol. The number of hydrogen-bond donors (Lipinski definition) is 2. The number of carbonyl (C=O) groups excluding carboxylic acids is 1. The molecule has 0 heterocycles. The fourth-order valence-electron chi connectivity index (χ4n) is 0.606. The summed E-state index contributed by atoms with van der Waals surface area (Å²) in [6.45, 7) is 1.66. The Labute approximate surface area is 78.2 Å². The van der Waals surface area contributed by atoms with Crippen molar-refractivity contribution in [3.63, 3.8) is 0 Å². The van der Waals surface area contributed by atoms with Gasteiger partial charge in [-0.2, -0.15) is 0 Å². The van der Waals surface area contributed by atoms with Gasteiger partial charge in [0.2, 0.25) is 0 Å². The molecule has 1 unspecified atom stereocenters. The van der Waals surface area contributed by atoms with Gasteiger partial charge in [0.05, 0.1) is 6.61 Å². The number of aliphatic hydroxyl groups is 1. The van der Waals surface area contributed by atoms with E-state index in [1.54, 1.807) is 7.05 Å². The second-order valence-corrected chi connectivity index (χ2v) is 1.97. The Morgan fingerprint density at radius 3 is 2.55 bits per heavy atom. The first-order valence-electron chi connectivity index (χ1n) is 3.13. The number of aliphatic hydroxyl groups excluding tert-OH is 1. The van der Waals surface area contributed by atoms with Crippen molar-refractivity contribution in [2.24, 2.45) is 0 Å². The summed E-state index contributed by atoms with van der Waals surface area (Å²) in [6.07, 6.45) is -0.414. The van der Waals surface area contributed by atoms with Crippen molar-refractivity contribution < 1.29 is 33.2 Å². The topological polar surface area (TPSA) is 58.6 Å². The molecule has 1 radical (unpaired) electrons. The molecule has 0 aromatic carbocycles. The molecule has 5 heteroatoms. The summed E-state index contributed by atoms with van der Waals surface area (Å²) in [5.74, 6) is -0.366. The van der Waals surface area contributed by atoms with Gasteiger partial charge in [-0.15, -0.1) is 0 Å². The molecule has 0 aliphatic heterocycles. The smallest absolute Gasteiger partial charge is 0.303 e. The van der Waals surface area contributed by atoms with Crippen molar-refractivity contribution in [1.82, 2.24) is 5.32 Å². The molecular formula is C6H13NO3V. The zero-order valence-corrected chi connectivity index (χ0v) is 8.10. The van der Waals surface area contributed by atoms with Crippen LogP contribution in [0.5, 0.6) is 0 Å². The monoisotopic (exact) mass is 198 g/mol. The second-order valence-electron chi connectivity index (χ2n) is 1.97. The molecule has 0 aliphatic rings. The van der Waals surface area contributed by atoms with Crippen molar-refractivity contribution in [2.45, 2.75) is 13.0 Å². The maximum absolute atomic E-state index is 10.3. The third kappa shape index (κ3) is 7.88. The van der Waals surface area contributed by atoms with Gasteiger partial charge < -0.3 is 15.2 Å². The molecule has 1 atom stereocenters. The Morgan fingerprint density at radius 1 is 1.73 bits per heavy atom. The van der Waals surface area contributed by atoms with Crippen LogP contribution >= 0.6 is 0 Å². The molecule has 0 bridgehead atoms. The normalized spacial score (nSPS) is 11.5. The summed E-state index contributed by atoms with van der Waals surface area (Å²) in [7, 11) is 1.73. The van der Waals surface area contributed by atoms with Crippen molar-refractivity contribution in [3.8, 4) is 0 Å². The molecule has 0 aromatic rings. The largest absolute Gasteiger partial charge is 0.459 e. The molecule has 0 fully saturated rings. The van der Waals surface area contributed by atoms with Crippen molar-refractivity contribution in [3.05, 3.63) is 0 Å². The molecule has 0 amide bonds. The van der Waals surface area contributed by atoms with Crippen LogP contribution in [0.3, 0.4) is 0 Å². The van der Waals surface area contributed by atoms with Crippen molar-refractivity contribution in [1.29, 1.82) is 0 Å². The summed E-state index contributed by atoms with van der Waals surface area (Å²) >= 11 is 0. The van der Waals surface area contributed by atoms with Gasteiger partial charge in [0, 0.05) is 32.0 Å². The average molecular weight is 198 g/mol. The molecule has 0 aliphatic carbocycles. The maximum atomic E-state index is 10.3. The first kappa shape index (κ1) is 13.6. The first-order chi connectivity index (χ1) is 4.70. The summed E-state index contributed by atoms with van der Waals surface area (Å²) < 4.78 is 4.69. The second kappa shape index (κ2) is 8.07. The Hall–Kier alpha value is -0.0256. The van der Waals surface area contributed by atoms with Crippen LogP contribution in [-0.2, 0) is 28.1 Å². The van der Waals surface area contributed by atoms with Crippen LogP contribution in [0.4, 0.5) is 0 Å². The van der Waals surface area contributed by atoms with Crippen LogP contribution in [-0.4, -0.2) is 37.4 Å². The Bertz CT molecular complexity index is 110. The van der Waals surface area contributed by atoms with Crippen LogP contribution in [0, 0.1) is 0 Å². The Morgan fingerprint density at radius 2 is 2.27 bits per heavy atom. The van der Waals surface area contributed by atoms with Crippen LogP contribution in [0.25, 0.3) is 0 Å². The zero-order chi connectivity index (χ0) is 7.98. The fraction of sp³-hybridized carbons (Fsp3) is 0.833. The summed E-state index contributed by atoms with van der Waals surface area (Å²) in [6, 6.07) is 0. The van der Waals surface area contributed by atoms with Crippen LogP contribution in [0.1, 0.15) is 6.92 Å². The van der Waals surface area contributed by atoms with Crippen molar-refractivity contribution in [2.75, 3.05) is 20.2 Å². The van der Waals surface area contributed by atoms with Gasteiger partial charge in [-0.1, -0.05) is 0 Å². The van der Waals surface area contributed by atoms with E-state index in [0.29, 0.717) is 6.54 Å². The minimum atomic E-state index is -0.414. The van der Waals surface area contributed by atoms with Crippen LogP contribution in [0.15, 0.2) is 0 Å². The number of hydrogen-bond acceptors (Lipinski definition) is 4. The molecule has 0 saturated heterocycles. The fourth-order valence-corrected chi connectivity index (χ4v) is 0.606. The minimum absolute atomic E-state index is 0. The molecule has 0 rings (SSSR count). The van der Waals surface area contributed by atoms with Gasteiger partial charge >= 0.3 is 5.97 Å². The molecule has 0 spiro atoms. The van der Waals surface area contributed by atoms with E-state index in [4.69, 9.17) is 5.11 Å². The zero-order valence-electron chi connectivity index (χ0n) is 6.70. The van der Waals surface area contributed by atoms with E-state index in [0.717, 1.165) is 0 Å². The molecule has 65 valence electrons. The summed E-state index contributed by atoms with van der Waals surface area (Å²) in [5.41, 5.74) is 0. The van der Waals surface area contributed by atoms with E-state index in [-0.39, 0.29) is 31.1 Å². The van der Waals surface area contributed by atoms with E-state index in [1.165, 1.54) is 6.92 Å². The summed E-state index contributed by atoms with van der Waals surface area (Å²) in [5, 5.41) is 11.4. The van der Waals surface area contributed by atoms with Gasteiger partial charge in [0.1, 0.15) is 6.10 Å². The third-order valence-corrected chi connectivity index (χ3v) is 0.968. The number of esters is 1. The number of carbonyl (C=O) groups is 1. The Balaban J connectivity index is 0. The quantitative estimate of drug-likeness (QED) is 0.576. The standard InChI is InChI=1S/C6H13NO3.V/c1-5(9)10-6(4-8)3-7-2;/h6-8H,3-4H2,1-2H3;. The van der Waals surface area contributed by atoms with E-state index in [1.807, 2.05) is 0 Å². The van der Waals surface area contributed by atoms with E-state index >= 15 is 0 Å². The number of rotatable bonds is 4. The van der Waals surface area contributed by atoms with E-state index in [2.05, 4.69) is 10.1 Å². The average Bonchev–Trinajstić information content (AvgIpc) is 1.86. The molecule has 0 saturated carbocycles. The number of ether oxygens (including phenoxy) is 1. The van der Waals surface area contributed by atoms with Gasteiger partial charge in [0.25, 0.3) is 0 Å². The third-order valence-electron chi connectivity index (χ3n) is 0.968. The van der Waals surface area contributed by atoms with Crippen LogP contribution < -0.4 is 5.32 Å². The predicted octanol–water partition coefficient (Wildman–Crippen LogP) is -0.873. The molecule has 11 heavy (non-hydrogen) atoms. The molecule has 0 aromatic heterocycles. The number of nitrogens with one attached hydrogen (secondary N) is 1. The van der Waals surface area contributed by atoms with E-state index < -0.39 is 6.10 Å². The molecule has 2 N–H and O–H groups in total. The Kier molecular flexibility index (Phi) is 9.95. The SMILES string of the molecule is CNCC(CO)OC(C)=O.[V]. The molecular weight excluding hydrogens is 185 g/mol. The van der Waals surface area contributed by atoms with Gasteiger partial charge in [-0.3, -0.25) is 4.79 Å². The summed E-state index contributed by atoms with van der Waals surface area (Å²) in [4.78, 5) is 10.3.